The van der Waals surface area contributed by atoms with Crippen LogP contribution in [-0.2, 0) is 7.05 Å². The zero-order valence-corrected chi connectivity index (χ0v) is 10.1. The average Bonchev–Trinajstić information content (AvgIpc) is 2.86. The van der Waals surface area contributed by atoms with Gasteiger partial charge in [-0.3, -0.25) is 0 Å². The second-order valence-corrected chi connectivity index (χ2v) is 4.18. The zero-order valence-electron chi connectivity index (χ0n) is 10.1. The summed E-state index contributed by atoms with van der Waals surface area (Å²) < 4.78 is 1.93. The van der Waals surface area contributed by atoms with Crippen LogP contribution in [0.2, 0.25) is 0 Å². The van der Waals surface area contributed by atoms with E-state index in [1.165, 1.54) is 11.1 Å². The molecule has 0 saturated heterocycles. The Hall–Kier alpha value is -2.42. The standard InChI is InChI=1S/C15H13N3/c1-18-11-16-17-15(18)14-10-6-5-9-13(14)12-7-3-2-4-8-12/h2-11H,1H3. The van der Waals surface area contributed by atoms with Crippen LogP contribution in [0.15, 0.2) is 60.9 Å². The Morgan fingerprint density at radius 1 is 0.833 bits per heavy atom. The lowest BCUT2D eigenvalue weighted by atomic mass is 9.99. The molecule has 0 amide bonds. The first-order chi connectivity index (χ1) is 8.86. The molecule has 3 rings (SSSR count). The van der Waals surface area contributed by atoms with Crippen molar-refractivity contribution in [3.05, 3.63) is 60.9 Å². The van der Waals surface area contributed by atoms with Crippen molar-refractivity contribution >= 4 is 0 Å². The number of hydrogen-bond donors (Lipinski definition) is 0. The minimum absolute atomic E-state index is 0.884. The van der Waals surface area contributed by atoms with E-state index >= 15 is 0 Å². The van der Waals surface area contributed by atoms with E-state index in [1.807, 2.05) is 41.9 Å². The highest BCUT2D eigenvalue weighted by Gasteiger charge is 2.10. The van der Waals surface area contributed by atoms with Crippen LogP contribution in [0.5, 0.6) is 0 Å². The second-order valence-electron chi connectivity index (χ2n) is 4.18. The molecule has 88 valence electrons. The van der Waals surface area contributed by atoms with Gasteiger partial charge < -0.3 is 4.57 Å². The number of aromatic nitrogens is 3. The molecule has 0 radical (unpaired) electrons. The van der Waals surface area contributed by atoms with Gasteiger partial charge in [-0.2, -0.15) is 0 Å². The maximum Gasteiger partial charge on any atom is 0.164 e. The van der Waals surface area contributed by atoms with E-state index < -0.39 is 0 Å². The van der Waals surface area contributed by atoms with Crippen molar-refractivity contribution < 1.29 is 0 Å². The summed E-state index contributed by atoms with van der Waals surface area (Å²) in [5.41, 5.74) is 3.47. The van der Waals surface area contributed by atoms with E-state index in [0.29, 0.717) is 0 Å². The van der Waals surface area contributed by atoms with Crippen LogP contribution < -0.4 is 0 Å². The van der Waals surface area contributed by atoms with Crippen LogP contribution in [0.25, 0.3) is 22.5 Å². The number of hydrogen-bond acceptors (Lipinski definition) is 2. The molecule has 0 unspecified atom stereocenters. The van der Waals surface area contributed by atoms with E-state index in [0.717, 1.165) is 11.4 Å². The molecule has 1 aromatic heterocycles. The highest BCUT2D eigenvalue weighted by molar-refractivity contribution is 5.80. The Balaban J connectivity index is 2.21. The van der Waals surface area contributed by atoms with Gasteiger partial charge in [0.2, 0.25) is 0 Å². The molecule has 0 bridgehead atoms. The molecule has 1 heterocycles. The maximum absolute atomic E-state index is 4.19. The summed E-state index contributed by atoms with van der Waals surface area (Å²) in [7, 11) is 1.96. The van der Waals surface area contributed by atoms with Crippen molar-refractivity contribution in [3.63, 3.8) is 0 Å². The summed E-state index contributed by atoms with van der Waals surface area (Å²) in [6, 6.07) is 18.6. The summed E-state index contributed by atoms with van der Waals surface area (Å²) in [4.78, 5) is 0. The Morgan fingerprint density at radius 3 is 2.17 bits per heavy atom. The molecule has 0 aliphatic heterocycles. The van der Waals surface area contributed by atoms with E-state index in [9.17, 15) is 0 Å². The molecule has 0 fully saturated rings. The Kier molecular flexibility index (Phi) is 2.65. The smallest absolute Gasteiger partial charge is 0.164 e. The van der Waals surface area contributed by atoms with Crippen LogP contribution in [0.3, 0.4) is 0 Å². The maximum atomic E-state index is 4.19. The Morgan fingerprint density at radius 2 is 1.50 bits per heavy atom. The number of rotatable bonds is 2. The van der Waals surface area contributed by atoms with Crippen molar-refractivity contribution in [2.24, 2.45) is 7.05 Å². The summed E-state index contributed by atoms with van der Waals surface area (Å²) in [6.07, 6.45) is 1.72. The molecule has 0 saturated carbocycles. The van der Waals surface area contributed by atoms with Crippen LogP contribution in [0.4, 0.5) is 0 Å². The van der Waals surface area contributed by atoms with Crippen LogP contribution in [-0.4, -0.2) is 14.8 Å². The van der Waals surface area contributed by atoms with Gasteiger partial charge in [0, 0.05) is 12.6 Å². The van der Waals surface area contributed by atoms with Crippen LogP contribution >= 0.6 is 0 Å². The van der Waals surface area contributed by atoms with Crippen molar-refractivity contribution in [2.45, 2.75) is 0 Å². The molecular weight excluding hydrogens is 222 g/mol. The molecule has 3 nitrogen and oxygen atoms in total. The van der Waals surface area contributed by atoms with Crippen molar-refractivity contribution in [1.82, 2.24) is 14.8 Å². The molecule has 0 spiro atoms. The fourth-order valence-electron chi connectivity index (χ4n) is 2.07. The molecular formula is C15H13N3. The number of aryl methyl sites for hydroxylation is 1. The highest BCUT2D eigenvalue weighted by atomic mass is 15.2. The van der Waals surface area contributed by atoms with Gasteiger partial charge >= 0.3 is 0 Å². The summed E-state index contributed by atoms with van der Waals surface area (Å²) >= 11 is 0. The topological polar surface area (TPSA) is 30.7 Å². The molecule has 0 N–H and O–H groups in total. The molecule has 2 aromatic carbocycles. The number of nitrogens with zero attached hydrogens (tertiary/aromatic N) is 3. The summed E-state index contributed by atoms with van der Waals surface area (Å²) in [5.74, 6) is 0.884. The van der Waals surface area contributed by atoms with Gasteiger partial charge in [-0.15, -0.1) is 10.2 Å². The largest absolute Gasteiger partial charge is 0.317 e. The van der Waals surface area contributed by atoms with Gasteiger partial charge in [0.15, 0.2) is 5.82 Å². The van der Waals surface area contributed by atoms with Crippen molar-refractivity contribution in [3.8, 4) is 22.5 Å². The van der Waals surface area contributed by atoms with E-state index in [2.05, 4.69) is 34.5 Å². The summed E-state index contributed by atoms with van der Waals surface area (Å²) in [5, 5.41) is 8.13. The van der Waals surface area contributed by atoms with E-state index in [1.54, 1.807) is 6.33 Å². The second kappa shape index (κ2) is 4.45. The molecule has 18 heavy (non-hydrogen) atoms. The number of benzene rings is 2. The zero-order chi connectivity index (χ0) is 12.4. The molecule has 0 aliphatic rings. The average molecular weight is 235 g/mol. The third-order valence-electron chi connectivity index (χ3n) is 2.96. The molecule has 0 aliphatic carbocycles. The molecule has 3 heteroatoms. The first-order valence-electron chi connectivity index (χ1n) is 5.85. The van der Waals surface area contributed by atoms with Gasteiger partial charge in [-0.1, -0.05) is 54.6 Å². The normalized spacial score (nSPS) is 10.5. The Bertz CT molecular complexity index is 656. The van der Waals surface area contributed by atoms with Gasteiger partial charge in [0.1, 0.15) is 6.33 Å². The van der Waals surface area contributed by atoms with Gasteiger partial charge in [-0.25, -0.2) is 0 Å². The lowest BCUT2D eigenvalue weighted by Crippen LogP contribution is -1.93. The third kappa shape index (κ3) is 1.80. The highest BCUT2D eigenvalue weighted by Crippen LogP contribution is 2.30. The third-order valence-corrected chi connectivity index (χ3v) is 2.96. The van der Waals surface area contributed by atoms with Crippen LogP contribution in [0, 0.1) is 0 Å². The lowest BCUT2D eigenvalue weighted by Gasteiger charge is -2.08. The predicted molar refractivity (Wildman–Crippen MR) is 71.9 cm³/mol. The van der Waals surface area contributed by atoms with Gasteiger partial charge in [-0.05, 0) is 11.1 Å². The minimum atomic E-state index is 0.884. The summed E-state index contributed by atoms with van der Waals surface area (Å²) in [6.45, 7) is 0. The quantitative estimate of drug-likeness (QED) is 0.683. The molecule has 0 atom stereocenters. The SMILES string of the molecule is Cn1cnnc1-c1ccccc1-c1ccccc1. The molecule has 3 aromatic rings. The van der Waals surface area contributed by atoms with E-state index in [-0.39, 0.29) is 0 Å². The monoisotopic (exact) mass is 235 g/mol. The first-order valence-corrected chi connectivity index (χ1v) is 5.85. The van der Waals surface area contributed by atoms with Crippen molar-refractivity contribution in [1.29, 1.82) is 0 Å². The van der Waals surface area contributed by atoms with Gasteiger partial charge in [0.05, 0.1) is 0 Å². The van der Waals surface area contributed by atoms with E-state index in [4.69, 9.17) is 0 Å². The lowest BCUT2D eigenvalue weighted by molar-refractivity contribution is 0.920. The Labute approximate surface area is 106 Å². The van der Waals surface area contributed by atoms with Crippen LogP contribution in [0.1, 0.15) is 0 Å². The fourth-order valence-corrected chi connectivity index (χ4v) is 2.07. The first kappa shape index (κ1) is 10.7. The van der Waals surface area contributed by atoms with Crippen molar-refractivity contribution in [2.75, 3.05) is 0 Å². The fraction of sp³-hybridized carbons (Fsp3) is 0.0667. The predicted octanol–water partition coefficient (Wildman–Crippen LogP) is 3.15. The van der Waals surface area contributed by atoms with Gasteiger partial charge in [0.25, 0.3) is 0 Å². The minimum Gasteiger partial charge on any atom is -0.317 e.